The topological polar surface area (TPSA) is 144 Å². The number of sulfonamides is 1. The quantitative estimate of drug-likeness (QED) is 0.0689. The molecule has 0 atom stereocenters. The molecule has 0 aliphatic rings. The van der Waals surface area contributed by atoms with Crippen molar-refractivity contribution in [2.45, 2.75) is 54.1 Å². The SMILES string of the molecule is CCCCc1nc(SC)c(C(=O)CS(=O)(=O)c2ccc(F)cc2)n1Cc1cccc(-c2ccccc2)c1S(=O)(=O)NC(=O)NCc1ccccc1. The Morgan fingerprint density at radius 3 is 2.18 bits per heavy atom. The molecule has 0 aliphatic heterocycles. The number of sulfone groups is 1. The van der Waals surface area contributed by atoms with E-state index in [1.165, 1.54) is 11.8 Å². The number of urea groups is 1. The van der Waals surface area contributed by atoms with Gasteiger partial charge in [-0.15, -0.1) is 11.8 Å². The van der Waals surface area contributed by atoms with Crippen molar-refractivity contribution in [3.8, 4) is 11.1 Å². The lowest BCUT2D eigenvalue weighted by Crippen LogP contribution is -2.39. The van der Waals surface area contributed by atoms with Crippen molar-refractivity contribution in [3.63, 3.8) is 0 Å². The largest absolute Gasteiger partial charge is 0.333 e. The first-order chi connectivity index (χ1) is 24.4. The third-order valence-electron chi connectivity index (χ3n) is 8.02. The lowest BCUT2D eigenvalue weighted by molar-refractivity contribution is 0.100. The molecular weight excluding hydrogens is 712 g/mol. The molecule has 0 saturated carbocycles. The van der Waals surface area contributed by atoms with Gasteiger partial charge in [0.1, 0.15) is 33.0 Å². The number of amides is 2. The van der Waals surface area contributed by atoms with Crippen LogP contribution in [0.2, 0.25) is 0 Å². The molecule has 0 bridgehead atoms. The van der Waals surface area contributed by atoms with Crippen molar-refractivity contribution in [1.82, 2.24) is 19.6 Å². The van der Waals surface area contributed by atoms with E-state index >= 15 is 0 Å². The lowest BCUT2D eigenvalue weighted by atomic mass is 10.0. The Morgan fingerprint density at radius 1 is 0.863 bits per heavy atom. The molecule has 5 aromatic rings. The van der Waals surface area contributed by atoms with Crippen molar-refractivity contribution in [3.05, 3.63) is 132 Å². The molecule has 14 heteroatoms. The van der Waals surface area contributed by atoms with Gasteiger partial charge in [-0.2, -0.15) is 0 Å². The number of carbonyl (C=O) groups is 2. The highest BCUT2D eigenvalue weighted by Gasteiger charge is 2.31. The Kier molecular flexibility index (Phi) is 12.1. The first-order valence-corrected chi connectivity index (χ1v) is 20.5. The lowest BCUT2D eigenvalue weighted by Gasteiger charge is -2.19. The molecule has 1 heterocycles. The number of hydrogen-bond donors (Lipinski definition) is 2. The Morgan fingerprint density at radius 2 is 1.53 bits per heavy atom. The van der Waals surface area contributed by atoms with Crippen LogP contribution in [-0.2, 0) is 39.4 Å². The molecule has 2 N–H and O–H groups in total. The number of thioether (sulfide) groups is 1. The maximum absolute atomic E-state index is 14.2. The van der Waals surface area contributed by atoms with Crippen molar-refractivity contribution >= 4 is 43.4 Å². The zero-order valence-electron chi connectivity index (χ0n) is 28.0. The Balaban J connectivity index is 1.59. The highest BCUT2D eigenvalue weighted by Crippen LogP contribution is 2.33. The fourth-order valence-corrected chi connectivity index (χ4v) is 8.76. The normalized spacial score (nSPS) is 11.7. The summed E-state index contributed by atoms with van der Waals surface area (Å²) in [7, 11) is -8.71. The number of Topliss-reactive ketones (excluding diaryl/α,β-unsaturated/α-hetero) is 1. The molecule has 266 valence electrons. The number of halogens is 1. The van der Waals surface area contributed by atoms with E-state index in [0.717, 1.165) is 36.2 Å². The van der Waals surface area contributed by atoms with Crippen molar-refractivity contribution in [2.24, 2.45) is 0 Å². The van der Waals surface area contributed by atoms with Gasteiger partial charge in [0.05, 0.1) is 11.4 Å². The molecule has 0 aliphatic carbocycles. The summed E-state index contributed by atoms with van der Waals surface area (Å²) in [6, 6.07) is 26.1. The summed E-state index contributed by atoms with van der Waals surface area (Å²) in [6.07, 6.45) is 3.65. The Labute approximate surface area is 301 Å². The molecule has 10 nitrogen and oxygen atoms in total. The van der Waals surface area contributed by atoms with Crippen LogP contribution >= 0.6 is 11.8 Å². The monoisotopic (exact) mass is 748 g/mol. The van der Waals surface area contributed by atoms with Gasteiger partial charge in [0.2, 0.25) is 0 Å². The van der Waals surface area contributed by atoms with E-state index in [1.807, 2.05) is 13.0 Å². The maximum Gasteiger partial charge on any atom is 0.328 e. The second-order valence-corrected chi connectivity index (χ2v) is 16.0. The number of unbranched alkanes of at least 4 members (excludes halogenated alkanes) is 1. The molecule has 2 amide bonds. The minimum Gasteiger partial charge on any atom is -0.333 e. The van der Waals surface area contributed by atoms with E-state index in [1.54, 1.807) is 83.6 Å². The summed E-state index contributed by atoms with van der Waals surface area (Å²) in [6.45, 7) is 1.91. The standard InChI is InChI=1S/C37H37FN4O6S3/c1-3-4-18-33-40-36(49-2)34(32(43)25-50(45,46)30-21-19-29(38)20-22-30)42(33)24-28-16-11-17-31(27-14-9-6-10-15-27)35(28)51(47,48)41-37(44)39-23-26-12-7-5-8-13-26/h5-17,19-22H,3-4,18,23-25H2,1-2H3,(H2,39,41,44). The number of nitrogens with zero attached hydrogens (tertiary/aromatic N) is 2. The highest BCUT2D eigenvalue weighted by molar-refractivity contribution is 7.98. The van der Waals surface area contributed by atoms with Crippen LogP contribution in [0.25, 0.3) is 11.1 Å². The van der Waals surface area contributed by atoms with Gasteiger partial charge in [-0.3, -0.25) is 4.79 Å². The smallest absolute Gasteiger partial charge is 0.328 e. The summed E-state index contributed by atoms with van der Waals surface area (Å²) in [5.74, 6) is -1.80. The molecule has 0 saturated heterocycles. The van der Waals surface area contributed by atoms with Crippen LogP contribution in [0, 0.1) is 5.82 Å². The van der Waals surface area contributed by atoms with Gasteiger partial charge in [0.15, 0.2) is 15.6 Å². The van der Waals surface area contributed by atoms with Gasteiger partial charge < -0.3 is 9.88 Å². The second-order valence-electron chi connectivity index (χ2n) is 11.6. The zero-order valence-corrected chi connectivity index (χ0v) is 30.5. The predicted molar refractivity (Wildman–Crippen MR) is 195 cm³/mol. The highest BCUT2D eigenvalue weighted by atomic mass is 32.2. The first-order valence-electron chi connectivity index (χ1n) is 16.1. The van der Waals surface area contributed by atoms with Gasteiger partial charge in [-0.1, -0.05) is 92.2 Å². The van der Waals surface area contributed by atoms with Crippen LogP contribution in [0.5, 0.6) is 0 Å². The van der Waals surface area contributed by atoms with Crippen molar-refractivity contribution < 1.29 is 30.8 Å². The second kappa shape index (κ2) is 16.5. The minimum atomic E-state index is -4.54. The number of hydrogen-bond acceptors (Lipinski definition) is 8. The van der Waals surface area contributed by atoms with Gasteiger partial charge in [-0.05, 0) is 53.6 Å². The molecule has 1 aromatic heterocycles. The maximum atomic E-state index is 14.2. The van der Waals surface area contributed by atoms with Gasteiger partial charge >= 0.3 is 6.03 Å². The average Bonchev–Trinajstić information content (AvgIpc) is 3.47. The van der Waals surface area contributed by atoms with E-state index < -0.39 is 43.2 Å². The van der Waals surface area contributed by atoms with E-state index in [9.17, 15) is 30.8 Å². The number of benzene rings is 4. The van der Waals surface area contributed by atoms with E-state index in [-0.39, 0.29) is 34.1 Å². The third kappa shape index (κ3) is 9.12. The van der Waals surface area contributed by atoms with Gasteiger partial charge in [0.25, 0.3) is 10.0 Å². The number of carbonyl (C=O) groups excluding carboxylic acids is 2. The Bertz CT molecular complexity index is 2230. The molecule has 0 unspecified atom stereocenters. The average molecular weight is 749 g/mol. The van der Waals surface area contributed by atoms with E-state index in [0.29, 0.717) is 34.8 Å². The molecule has 0 fully saturated rings. The van der Waals surface area contributed by atoms with Crippen LogP contribution in [0.3, 0.4) is 0 Å². The fourth-order valence-electron chi connectivity index (χ4n) is 5.58. The van der Waals surface area contributed by atoms with Crippen LogP contribution < -0.4 is 10.0 Å². The summed E-state index contributed by atoms with van der Waals surface area (Å²) in [4.78, 5) is 31.3. The number of nitrogens with one attached hydrogen (secondary N) is 2. The summed E-state index contributed by atoms with van der Waals surface area (Å²) in [5, 5.41) is 2.88. The molecule has 0 radical (unpaired) electrons. The summed E-state index contributed by atoms with van der Waals surface area (Å²) < 4.78 is 72.3. The first kappa shape index (κ1) is 37.5. The van der Waals surface area contributed by atoms with Crippen molar-refractivity contribution in [1.29, 1.82) is 0 Å². The van der Waals surface area contributed by atoms with Crippen LogP contribution in [-0.4, -0.2) is 50.2 Å². The fraction of sp³-hybridized carbons (Fsp3) is 0.216. The van der Waals surface area contributed by atoms with Gasteiger partial charge in [0, 0.05) is 18.5 Å². The molecular formula is C37H37FN4O6S3. The molecule has 4 aromatic carbocycles. The number of imidazole rings is 1. The van der Waals surface area contributed by atoms with Crippen LogP contribution in [0.15, 0.2) is 118 Å². The number of aromatic nitrogens is 2. The number of ketones is 1. The predicted octanol–water partition coefficient (Wildman–Crippen LogP) is 6.65. The zero-order chi connectivity index (χ0) is 36.6. The number of aryl methyl sites for hydroxylation is 1. The summed E-state index contributed by atoms with van der Waals surface area (Å²) in [5.41, 5.74) is 1.94. The summed E-state index contributed by atoms with van der Waals surface area (Å²) >= 11 is 1.17. The molecule has 5 rings (SSSR count). The van der Waals surface area contributed by atoms with Gasteiger partial charge in [-0.25, -0.2) is 35.7 Å². The molecule has 0 spiro atoms. The minimum absolute atomic E-state index is 0.0151. The van der Waals surface area contributed by atoms with E-state index in [2.05, 4.69) is 10.0 Å². The Hall–Kier alpha value is -4.79. The third-order valence-corrected chi connectivity index (χ3v) is 11.8. The van der Waals surface area contributed by atoms with E-state index in [4.69, 9.17) is 4.98 Å². The van der Waals surface area contributed by atoms with Crippen molar-refractivity contribution in [2.75, 3.05) is 12.0 Å². The number of rotatable bonds is 15. The van der Waals surface area contributed by atoms with Crippen LogP contribution in [0.4, 0.5) is 9.18 Å². The van der Waals surface area contributed by atoms with Crippen LogP contribution in [0.1, 0.15) is 47.2 Å². The molecule has 51 heavy (non-hydrogen) atoms.